The van der Waals surface area contributed by atoms with E-state index in [0.29, 0.717) is 5.06 Å². The second-order valence-corrected chi connectivity index (χ2v) is 6.00. The normalized spacial score (nSPS) is 16.4. The van der Waals surface area contributed by atoms with Crippen LogP contribution >= 0.6 is 0 Å². The molecule has 1 heterocycles. The molecule has 0 radical (unpaired) electrons. The molecule has 2 amide bonds. The van der Waals surface area contributed by atoms with Gasteiger partial charge in [0, 0.05) is 18.6 Å². The SMILES string of the molecule is CCS(=O)(=O)CCC(=O)ON1C(=O)CCC1=O. The zero-order valence-electron chi connectivity index (χ0n) is 9.34. The summed E-state index contributed by atoms with van der Waals surface area (Å²) in [4.78, 5) is 37.9. The largest absolute Gasteiger partial charge is 0.334 e. The number of imide groups is 1. The third kappa shape index (κ3) is 3.81. The van der Waals surface area contributed by atoms with Crippen LogP contribution in [0.2, 0.25) is 0 Å². The molecule has 0 aromatic carbocycles. The summed E-state index contributed by atoms with van der Waals surface area (Å²) in [5.74, 6) is -2.48. The first-order valence-corrected chi connectivity index (χ1v) is 6.95. The Morgan fingerprint density at radius 1 is 1.29 bits per heavy atom. The van der Waals surface area contributed by atoms with E-state index in [9.17, 15) is 22.8 Å². The molecule has 0 N–H and O–H groups in total. The first kappa shape index (κ1) is 13.6. The highest BCUT2D eigenvalue weighted by atomic mass is 32.2. The Bertz CT molecular complexity index is 424. The predicted molar refractivity (Wildman–Crippen MR) is 56.1 cm³/mol. The molecule has 17 heavy (non-hydrogen) atoms. The van der Waals surface area contributed by atoms with Crippen LogP contribution < -0.4 is 0 Å². The highest BCUT2D eigenvalue weighted by molar-refractivity contribution is 7.91. The summed E-state index contributed by atoms with van der Waals surface area (Å²) in [5, 5.41) is 0.404. The van der Waals surface area contributed by atoms with E-state index in [2.05, 4.69) is 4.84 Å². The number of sulfone groups is 1. The maximum absolute atomic E-state index is 11.2. The number of nitrogens with zero attached hydrogens (tertiary/aromatic N) is 1. The Balaban J connectivity index is 2.45. The van der Waals surface area contributed by atoms with Gasteiger partial charge in [-0.3, -0.25) is 9.59 Å². The van der Waals surface area contributed by atoms with E-state index in [1.807, 2.05) is 0 Å². The zero-order chi connectivity index (χ0) is 13.1. The molecule has 0 spiro atoms. The fourth-order valence-corrected chi connectivity index (χ4v) is 1.95. The van der Waals surface area contributed by atoms with Crippen molar-refractivity contribution in [3.8, 4) is 0 Å². The number of hydrogen-bond acceptors (Lipinski definition) is 6. The maximum atomic E-state index is 11.2. The van der Waals surface area contributed by atoms with E-state index in [0.717, 1.165) is 0 Å². The molecular formula is C9H13NO6S. The van der Waals surface area contributed by atoms with E-state index in [4.69, 9.17) is 0 Å². The van der Waals surface area contributed by atoms with Gasteiger partial charge in [0.25, 0.3) is 11.8 Å². The van der Waals surface area contributed by atoms with Crippen LogP contribution in [0.4, 0.5) is 0 Å². The van der Waals surface area contributed by atoms with Crippen LogP contribution in [0.15, 0.2) is 0 Å². The molecule has 0 aromatic heterocycles. The summed E-state index contributed by atoms with van der Waals surface area (Å²) in [5.41, 5.74) is 0. The van der Waals surface area contributed by atoms with Crippen molar-refractivity contribution in [1.29, 1.82) is 0 Å². The first-order chi connectivity index (χ1) is 7.85. The van der Waals surface area contributed by atoms with Gasteiger partial charge in [0.05, 0.1) is 12.2 Å². The number of carbonyl (C=O) groups excluding carboxylic acids is 3. The van der Waals surface area contributed by atoms with E-state index in [1.165, 1.54) is 6.92 Å². The lowest BCUT2D eigenvalue weighted by atomic mass is 10.4. The van der Waals surface area contributed by atoms with Crippen LogP contribution in [0, 0.1) is 0 Å². The van der Waals surface area contributed by atoms with Gasteiger partial charge in [-0.05, 0) is 0 Å². The van der Waals surface area contributed by atoms with Crippen LogP contribution in [-0.2, 0) is 29.1 Å². The molecule has 1 aliphatic rings. The Kier molecular flexibility index (Phi) is 4.22. The summed E-state index contributed by atoms with van der Waals surface area (Å²) in [6, 6.07) is 0. The minimum Gasteiger partial charge on any atom is -0.330 e. The molecule has 1 saturated heterocycles. The average Bonchev–Trinajstić information content (AvgIpc) is 2.58. The predicted octanol–water partition coefficient (Wildman–Crippen LogP) is -0.582. The molecule has 7 nitrogen and oxygen atoms in total. The Hall–Kier alpha value is -1.44. The zero-order valence-corrected chi connectivity index (χ0v) is 10.2. The van der Waals surface area contributed by atoms with Crippen LogP contribution in [0.25, 0.3) is 0 Å². The van der Waals surface area contributed by atoms with Crippen molar-refractivity contribution in [2.24, 2.45) is 0 Å². The van der Waals surface area contributed by atoms with Crippen molar-refractivity contribution in [2.75, 3.05) is 11.5 Å². The van der Waals surface area contributed by atoms with Crippen molar-refractivity contribution in [1.82, 2.24) is 5.06 Å². The highest BCUT2D eigenvalue weighted by Gasteiger charge is 2.32. The minimum absolute atomic E-state index is 0.0133. The quantitative estimate of drug-likeness (QED) is 0.615. The summed E-state index contributed by atoms with van der Waals surface area (Å²) >= 11 is 0. The lowest BCUT2D eigenvalue weighted by Crippen LogP contribution is -2.32. The number of amides is 2. The van der Waals surface area contributed by atoms with Gasteiger partial charge in [-0.1, -0.05) is 6.92 Å². The van der Waals surface area contributed by atoms with Crippen LogP contribution in [0.3, 0.4) is 0 Å². The van der Waals surface area contributed by atoms with E-state index in [-0.39, 0.29) is 30.8 Å². The molecule has 0 bridgehead atoms. The fraction of sp³-hybridized carbons (Fsp3) is 0.667. The van der Waals surface area contributed by atoms with Crippen molar-refractivity contribution in [3.63, 3.8) is 0 Å². The van der Waals surface area contributed by atoms with Crippen molar-refractivity contribution in [3.05, 3.63) is 0 Å². The van der Waals surface area contributed by atoms with E-state index >= 15 is 0 Å². The molecule has 0 unspecified atom stereocenters. The van der Waals surface area contributed by atoms with Crippen molar-refractivity contribution >= 4 is 27.6 Å². The average molecular weight is 263 g/mol. The number of carbonyl (C=O) groups is 3. The maximum Gasteiger partial charge on any atom is 0.334 e. The second-order valence-electron chi connectivity index (χ2n) is 3.53. The van der Waals surface area contributed by atoms with Crippen LogP contribution in [0.1, 0.15) is 26.2 Å². The molecule has 8 heteroatoms. The molecule has 0 saturated carbocycles. The Morgan fingerprint density at radius 2 is 1.82 bits per heavy atom. The van der Waals surface area contributed by atoms with Gasteiger partial charge in [0.1, 0.15) is 0 Å². The summed E-state index contributed by atoms with van der Waals surface area (Å²) in [7, 11) is -3.26. The topological polar surface area (TPSA) is 97.8 Å². The third-order valence-corrected chi connectivity index (χ3v) is 3.96. The summed E-state index contributed by atoms with van der Waals surface area (Å²) in [6.07, 6.45) is -0.341. The molecule has 0 atom stereocenters. The fourth-order valence-electron chi connectivity index (χ4n) is 1.19. The van der Waals surface area contributed by atoms with Gasteiger partial charge in [-0.25, -0.2) is 13.2 Å². The standard InChI is InChI=1S/C9H13NO6S/c1-2-17(14,15)6-5-9(13)16-10-7(11)3-4-8(10)12/h2-6H2,1H3. The minimum atomic E-state index is -3.26. The number of hydrogen-bond donors (Lipinski definition) is 0. The molecule has 1 rings (SSSR count). The number of rotatable bonds is 5. The van der Waals surface area contributed by atoms with Gasteiger partial charge < -0.3 is 4.84 Å². The Labute approximate surface area is 98.6 Å². The monoisotopic (exact) mass is 263 g/mol. The molecule has 0 aromatic rings. The van der Waals surface area contributed by atoms with Gasteiger partial charge in [-0.15, -0.1) is 5.06 Å². The lowest BCUT2D eigenvalue weighted by Gasteiger charge is -2.12. The molecule has 96 valence electrons. The molecule has 1 aliphatic heterocycles. The summed E-state index contributed by atoms with van der Waals surface area (Å²) < 4.78 is 22.2. The van der Waals surface area contributed by atoms with E-state index < -0.39 is 27.6 Å². The van der Waals surface area contributed by atoms with Crippen LogP contribution in [0.5, 0.6) is 0 Å². The van der Waals surface area contributed by atoms with Crippen LogP contribution in [-0.4, -0.2) is 42.8 Å². The summed E-state index contributed by atoms with van der Waals surface area (Å²) in [6.45, 7) is 1.47. The highest BCUT2D eigenvalue weighted by Crippen LogP contribution is 2.12. The lowest BCUT2D eigenvalue weighted by molar-refractivity contribution is -0.197. The first-order valence-electron chi connectivity index (χ1n) is 5.12. The third-order valence-electron chi connectivity index (χ3n) is 2.26. The Morgan fingerprint density at radius 3 is 2.29 bits per heavy atom. The van der Waals surface area contributed by atoms with Gasteiger partial charge in [0.15, 0.2) is 9.84 Å². The van der Waals surface area contributed by atoms with Gasteiger partial charge >= 0.3 is 5.97 Å². The van der Waals surface area contributed by atoms with Crippen molar-refractivity contribution in [2.45, 2.75) is 26.2 Å². The van der Waals surface area contributed by atoms with Gasteiger partial charge in [-0.2, -0.15) is 0 Å². The smallest absolute Gasteiger partial charge is 0.330 e. The molecular weight excluding hydrogens is 250 g/mol. The van der Waals surface area contributed by atoms with E-state index in [1.54, 1.807) is 0 Å². The van der Waals surface area contributed by atoms with Gasteiger partial charge in [0.2, 0.25) is 0 Å². The molecule has 1 fully saturated rings. The second kappa shape index (κ2) is 5.26. The molecule has 0 aliphatic carbocycles. The number of hydroxylamine groups is 2. The van der Waals surface area contributed by atoms with Crippen molar-refractivity contribution < 1.29 is 27.6 Å².